The molecule has 0 saturated carbocycles. The molecule has 1 amide bonds. The first-order chi connectivity index (χ1) is 10.7. The van der Waals surface area contributed by atoms with Gasteiger partial charge >= 0.3 is 6.09 Å². The summed E-state index contributed by atoms with van der Waals surface area (Å²) in [6, 6.07) is 4.63. The number of halogens is 1. The van der Waals surface area contributed by atoms with Crippen molar-refractivity contribution in [3.8, 4) is 0 Å². The molecular formula is C18H29FN2O2. The zero-order valence-corrected chi connectivity index (χ0v) is 14.8. The van der Waals surface area contributed by atoms with Gasteiger partial charge in [-0.25, -0.2) is 9.18 Å². The van der Waals surface area contributed by atoms with Crippen molar-refractivity contribution in [3.05, 3.63) is 24.0 Å². The topological polar surface area (TPSA) is 50.4 Å². The largest absolute Gasteiger partial charge is 0.444 e. The van der Waals surface area contributed by atoms with E-state index in [1.54, 1.807) is 26.8 Å². The Balaban J connectivity index is 2.66. The van der Waals surface area contributed by atoms with Crippen molar-refractivity contribution in [2.75, 3.05) is 10.6 Å². The molecule has 0 fully saturated rings. The lowest BCUT2D eigenvalue weighted by Gasteiger charge is -2.20. The number of ether oxygens (including phenoxy) is 1. The molecule has 4 nitrogen and oxygen atoms in total. The van der Waals surface area contributed by atoms with Gasteiger partial charge in [0.25, 0.3) is 0 Å². The molecule has 1 rings (SSSR count). The van der Waals surface area contributed by atoms with Crippen molar-refractivity contribution in [2.45, 2.75) is 71.9 Å². The van der Waals surface area contributed by atoms with Crippen LogP contribution in [0.2, 0.25) is 0 Å². The van der Waals surface area contributed by atoms with E-state index in [0.717, 1.165) is 19.3 Å². The zero-order chi connectivity index (χ0) is 17.5. The van der Waals surface area contributed by atoms with Gasteiger partial charge in [0.2, 0.25) is 0 Å². The van der Waals surface area contributed by atoms with E-state index in [2.05, 4.69) is 17.6 Å². The summed E-state index contributed by atoms with van der Waals surface area (Å²) < 4.78 is 19.1. The normalized spacial score (nSPS) is 12.6. The SMILES string of the molecule is CCCCCC(C)Nc1cc(NC(=O)OC(C)(C)C)ccc1F. The van der Waals surface area contributed by atoms with E-state index in [-0.39, 0.29) is 11.9 Å². The maximum absolute atomic E-state index is 13.9. The van der Waals surface area contributed by atoms with Crippen molar-refractivity contribution in [1.29, 1.82) is 0 Å². The van der Waals surface area contributed by atoms with Crippen molar-refractivity contribution < 1.29 is 13.9 Å². The molecule has 1 aromatic rings. The monoisotopic (exact) mass is 324 g/mol. The van der Waals surface area contributed by atoms with Gasteiger partial charge in [-0.1, -0.05) is 26.2 Å². The fourth-order valence-corrected chi connectivity index (χ4v) is 2.17. The Kier molecular flexibility index (Phi) is 7.33. The van der Waals surface area contributed by atoms with E-state index in [1.807, 2.05) is 6.92 Å². The van der Waals surface area contributed by atoms with Gasteiger partial charge in [-0.3, -0.25) is 5.32 Å². The fourth-order valence-electron chi connectivity index (χ4n) is 2.17. The molecule has 0 aliphatic heterocycles. The highest BCUT2D eigenvalue weighted by molar-refractivity contribution is 5.85. The van der Waals surface area contributed by atoms with Gasteiger partial charge in [-0.15, -0.1) is 0 Å². The van der Waals surface area contributed by atoms with Crippen LogP contribution in [-0.2, 0) is 4.74 Å². The lowest BCUT2D eigenvalue weighted by atomic mass is 10.1. The summed E-state index contributed by atoms with van der Waals surface area (Å²) in [5.41, 5.74) is 0.324. The minimum absolute atomic E-state index is 0.174. The molecule has 1 atom stereocenters. The molecule has 1 unspecified atom stereocenters. The molecule has 0 saturated heterocycles. The maximum atomic E-state index is 13.9. The third-order valence-electron chi connectivity index (χ3n) is 3.25. The molecule has 0 aliphatic carbocycles. The zero-order valence-electron chi connectivity index (χ0n) is 14.8. The average molecular weight is 324 g/mol. The fraction of sp³-hybridized carbons (Fsp3) is 0.611. The van der Waals surface area contributed by atoms with Gasteiger partial charge in [0, 0.05) is 11.7 Å². The summed E-state index contributed by atoms with van der Waals surface area (Å²) in [6.07, 6.45) is 3.88. The molecule has 23 heavy (non-hydrogen) atoms. The standard InChI is InChI=1S/C18H29FN2O2/c1-6-7-8-9-13(2)20-16-12-14(10-11-15(16)19)21-17(22)23-18(3,4)5/h10-13,20H,6-9H2,1-5H3,(H,21,22). The molecule has 0 aliphatic rings. The van der Waals surface area contributed by atoms with Crippen LogP contribution in [0.15, 0.2) is 18.2 Å². The second-order valence-corrected chi connectivity index (χ2v) is 6.86. The highest BCUT2D eigenvalue weighted by atomic mass is 19.1. The lowest BCUT2D eigenvalue weighted by Crippen LogP contribution is -2.27. The van der Waals surface area contributed by atoms with E-state index >= 15 is 0 Å². The number of anilines is 2. The lowest BCUT2D eigenvalue weighted by molar-refractivity contribution is 0.0636. The highest BCUT2D eigenvalue weighted by Gasteiger charge is 2.16. The first-order valence-electron chi connectivity index (χ1n) is 8.27. The van der Waals surface area contributed by atoms with Crippen molar-refractivity contribution in [2.24, 2.45) is 0 Å². The number of unbranched alkanes of at least 4 members (excludes halogenated alkanes) is 2. The second-order valence-electron chi connectivity index (χ2n) is 6.86. The summed E-state index contributed by atoms with van der Waals surface area (Å²) in [7, 11) is 0. The Morgan fingerprint density at radius 2 is 2.00 bits per heavy atom. The van der Waals surface area contributed by atoms with Crippen LogP contribution in [0.1, 0.15) is 60.3 Å². The molecule has 130 valence electrons. The van der Waals surface area contributed by atoms with Crippen LogP contribution >= 0.6 is 0 Å². The van der Waals surface area contributed by atoms with Crippen LogP contribution in [0.4, 0.5) is 20.6 Å². The molecule has 2 N–H and O–H groups in total. The van der Waals surface area contributed by atoms with Crippen LogP contribution in [0, 0.1) is 5.82 Å². The van der Waals surface area contributed by atoms with Crippen LogP contribution < -0.4 is 10.6 Å². The van der Waals surface area contributed by atoms with Crippen LogP contribution in [0.5, 0.6) is 0 Å². The van der Waals surface area contributed by atoms with E-state index in [9.17, 15) is 9.18 Å². The van der Waals surface area contributed by atoms with Gasteiger partial charge in [0.15, 0.2) is 0 Å². The van der Waals surface area contributed by atoms with Crippen molar-refractivity contribution in [3.63, 3.8) is 0 Å². The van der Waals surface area contributed by atoms with Gasteiger partial charge in [0.05, 0.1) is 5.69 Å². The Morgan fingerprint density at radius 3 is 2.61 bits per heavy atom. The third kappa shape index (κ3) is 7.86. The Hall–Kier alpha value is -1.78. The first-order valence-corrected chi connectivity index (χ1v) is 8.27. The Bertz CT molecular complexity index is 512. The minimum atomic E-state index is -0.570. The summed E-state index contributed by atoms with van der Waals surface area (Å²) in [5.74, 6) is -0.331. The molecular weight excluding hydrogens is 295 g/mol. The molecule has 0 radical (unpaired) electrons. The van der Waals surface area contributed by atoms with Gasteiger partial charge in [0.1, 0.15) is 11.4 Å². The summed E-state index contributed by atoms with van der Waals surface area (Å²) in [5, 5.41) is 5.79. The highest BCUT2D eigenvalue weighted by Crippen LogP contribution is 2.22. The van der Waals surface area contributed by atoms with E-state index in [1.165, 1.54) is 18.6 Å². The second kappa shape index (κ2) is 8.75. The summed E-state index contributed by atoms with van der Waals surface area (Å²) in [4.78, 5) is 11.8. The van der Waals surface area contributed by atoms with Crippen molar-refractivity contribution >= 4 is 17.5 Å². The molecule has 0 bridgehead atoms. The molecule has 0 aromatic heterocycles. The molecule has 5 heteroatoms. The average Bonchev–Trinajstić information content (AvgIpc) is 2.40. The van der Waals surface area contributed by atoms with Gasteiger partial charge in [-0.05, 0) is 52.3 Å². The third-order valence-corrected chi connectivity index (χ3v) is 3.25. The number of hydrogen-bond donors (Lipinski definition) is 2. The quantitative estimate of drug-likeness (QED) is 0.646. The molecule has 0 heterocycles. The smallest absolute Gasteiger partial charge is 0.412 e. The number of carbonyl (C=O) groups excluding carboxylic acids is 1. The number of amides is 1. The number of nitrogens with one attached hydrogen (secondary N) is 2. The van der Waals surface area contributed by atoms with Crippen molar-refractivity contribution in [1.82, 2.24) is 0 Å². The number of carbonyl (C=O) groups is 1. The van der Waals surface area contributed by atoms with E-state index in [0.29, 0.717) is 11.4 Å². The van der Waals surface area contributed by atoms with Gasteiger partial charge < -0.3 is 10.1 Å². The summed E-state index contributed by atoms with van der Waals surface area (Å²) >= 11 is 0. The molecule has 1 aromatic carbocycles. The number of benzene rings is 1. The number of hydrogen-bond acceptors (Lipinski definition) is 3. The van der Waals surface area contributed by atoms with Crippen LogP contribution in [0.25, 0.3) is 0 Å². The maximum Gasteiger partial charge on any atom is 0.412 e. The predicted molar refractivity (Wildman–Crippen MR) is 93.5 cm³/mol. The van der Waals surface area contributed by atoms with E-state index < -0.39 is 11.7 Å². The van der Waals surface area contributed by atoms with E-state index in [4.69, 9.17) is 4.74 Å². The predicted octanol–water partition coefficient (Wildman–Crippen LogP) is 5.55. The number of rotatable bonds is 7. The Labute approximate surface area is 138 Å². The van der Waals surface area contributed by atoms with Crippen LogP contribution in [-0.4, -0.2) is 17.7 Å². The minimum Gasteiger partial charge on any atom is -0.444 e. The first kappa shape index (κ1) is 19.3. The summed E-state index contributed by atoms with van der Waals surface area (Å²) in [6.45, 7) is 9.57. The Morgan fingerprint density at radius 1 is 1.30 bits per heavy atom. The molecule has 0 spiro atoms. The van der Waals surface area contributed by atoms with Crippen LogP contribution in [0.3, 0.4) is 0 Å². The van der Waals surface area contributed by atoms with Gasteiger partial charge in [-0.2, -0.15) is 0 Å².